The molecule has 1 nitrogen and oxygen atoms in total. The average Bonchev–Trinajstić information content (AvgIpc) is 1.87. The van der Waals surface area contributed by atoms with Crippen molar-refractivity contribution in [3.63, 3.8) is 0 Å². The molecule has 0 aromatic carbocycles. The first kappa shape index (κ1) is 9.73. The molecule has 0 saturated heterocycles. The third kappa shape index (κ3) is 7.73. The molecule has 0 radical (unpaired) electrons. The van der Waals surface area contributed by atoms with Gasteiger partial charge in [0, 0.05) is 19.0 Å². The number of rotatable bonds is 5. The molecule has 0 amide bonds. The van der Waals surface area contributed by atoms with Crippen molar-refractivity contribution in [2.45, 2.75) is 6.92 Å². The Labute approximate surface area is 67.8 Å². The minimum absolute atomic E-state index is 0.592. The molecule has 0 aromatic heterocycles. The Balaban J connectivity index is 3.05. The maximum Gasteiger partial charge on any atom is 0.0404 e. The van der Waals surface area contributed by atoms with E-state index in [9.17, 15) is 0 Å². The van der Waals surface area contributed by atoms with E-state index >= 15 is 0 Å². The fraction of sp³-hybridized carbons (Fsp3) is 0.500. The van der Waals surface area contributed by atoms with Gasteiger partial charge in [-0.15, -0.1) is 11.6 Å². The van der Waals surface area contributed by atoms with Crippen LogP contribution in [-0.2, 0) is 0 Å². The van der Waals surface area contributed by atoms with E-state index in [0.717, 1.165) is 18.7 Å². The SMILES string of the molecule is C=C(C)CNC/C=C/CCl. The summed E-state index contributed by atoms with van der Waals surface area (Å²) in [6, 6.07) is 0. The first-order chi connectivity index (χ1) is 4.77. The highest BCUT2D eigenvalue weighted by Crippen LogP contribution is 1.81. The third-order valence-corrected chi connectivity index (χ3v) is 1.12. The van der Waals surface area contributed by atoms with E-state index in [1.807, 2.05) is 19.1 Å². The monoisotopic (exact) mass is 159 g/mol. The number of alkyl halides is 1. The zero-order chi connectivity index (χ0) is 7.82. The second kappa shape index (κ2) is 6.84. The predicted molar refractivity (Wildman–Crippen MR) is 47.5 cm³/mol. The number of halogens is 1. The van der Waals surface area contributed by atoms with Crippen LogP contribution in [0.4, 0.5) is 0 Å². The Kier molecular flexibility index (Phi) is 6.66. The normalized spacial score (nSPS) is 10.6. The van der Waals surface area contributed by atoms with Crippen LogP contribution >= 0.6 is 11.6 Å². The topological polar surface area (TPSA) is 12.0 Å². The first-order valence-electron chi connectivity index (χ1n) is 3.33. The van der Waals surface area contributed by atoms with Crippen LogP contribution in [0.1, 0.15) is 6.92 Å². The minimum Gasteiger partial charge on any atom is -0.310 e. The molecule has 1 N–H and O–H groups in total. The molecule has 0 spiro atoms. The van der Waals surface area contributed by atoms with Crippen molar-refractivity contribution >= 4 is 11.6 Å². The van der Waals surface area contributed by atoms with Gasteiger partial charge in [0.2, 0.25) is 0 Å². The van der Waals surface area contributed by atoms with Crippen molar-refractivity contribution in [1.82, 2.24) is 5.32 Å². The number of hydrogen-bond donors (Lipinski definition) is 1. The maximum atomic E-state index is 5.41. The molecular weight excluding hydrogens is 146 g/mol. The highest BCUT2D eigenvalue weighted by molar-refractivity contribution is 6.18. The molecule has 0 heterocycles. The fourth-order valence-electron chi connectivity index (χ4n) is 0.515. The summed E-state index contributed by atoms with van der Waals surface area (Å²) in [6.07, 6.45) is 3.93. The van der Waals surface area contributed by atoms with Crippen LogP contribution in [0.25, 0.3) is 0 Å². The van der Waals surface area contributed by atoms with Gasteiger partial charge in [-0.05, 0) is 6.92 Å². The van der Waals surface area contributed by atoms with Gasteiger partial charge in [-0.2, -0.15) is 0 Å². The van der Waals surface area contributed by atoms with Crippen molar-refractivity contribution < 1.29 is 0 Å². The molecule has 0 rings (SSSR count). The van der Waals surface area contributed by atoms with Crippen molar-refractivity contribution in [1.29, 1.82) is 0 Å². The zero-order valence-corrected chi connectivity index (χ0v) is 7.12. The Morgan fingerprint density at radius 1 is 1.60 bits per heavy atom. The molecule has 2 heteroatoms. The molecular formula is C8H14ClN. The number of hydrogen-bond acceptors (Lipinski definition) is 1. The van der Waals surface area contributed by atoms with E-state index < -0.39 is 0 Å². The van der Waals surface area contributed by atoms with Gasteiger partial charge in [-0.25, -0.2) is 0 Å². The molecule has 0 atom stereocenters. The van der Waals surface area contributed by atoms with Crippen LogP contribution in [0.5, 0.6) is 0 Å². The van der Waals surface area contributed by atoms with Crippen molar-refractivity contribution in [2.75, 3.05) is 19.0 Å². The molecule has 0 aliphatic rings. The third-order valence-electron chi connectivity index (χ3n) is 0.945. The standard InChI is InChI=1S/C8H14ClN/c1-8(2)7-10-6-4-3-5-9/h3-4,10H,1,5-7H2,2H3/b4-3+. The lowest BCUT2D eigenvalue weighted by Gasteiger charge is -1.97. The van der Waals surface area contributed by atoms with E-state index in [1.54, 1.807) is 0 Å². The summed E-state index contributed by atoms with van der Waals surface area (Å²) >= 11 is 5.41. The van der Waals surface area contributed by atoms with Crippen molar-refractivity contribution in [3.05, 3.63) is 24.3 Å². The summed E-state index contributed by atoms with van der Waals surface area (Å²) in [5.41, 5.74) is 1.15. The van der Waals surface area contributed by atoms with Crippen LogP contribution in [0, 0.1) is 0 Å². The number of allylic oxidation sites excluding steroid dienone is 1. The van der Waals surface area contributed by atoms with E-state index in [1.165, 1.54) is 0 Å². The van der Waals surface area contributed by atoms with Crippen LogP contribution in [0.2, 0.25) is 0 Å². The molecule has 0 fully saturated rings. The summed E-state index contributed by atoms with van der Waals surface area (Å²) < 4.78 is 0. The van der Waals surface area contributed by atoms with E-state index in [0.29, 0.717) is 5.88 Å². The largest absolute Gasteiger partial charge is 0.310 e. The Morgan fingerprint density at radius 3 is 2.80 bits per heavy atom. The molecule has 0 saturated carbocycles. The van der Waals surface area contributed by atoms with Gasteiger partial charge in [-0.3, -0.25) is 0 Å². The van der Waals surface area contributed by atoms with Crippen molar-refractivity contribution in [2.24, 2.45) is 0 Å². The number of nitrogens with one attached hydrogen (secondary N) is 1. The molecule has 0 aliphatic carbocycles. The average molecular weight is 160 g/mol. The molecule has 0 aliphatic heterocycles. The lowest BCUT2D eigenvalue weighted by atomic mass is 10.3. The summed E-state index contributed by atoms with van der Waals surface area (Å²) in [4.78, 5) is 0. The Hall–Kier alpha value is -0.270. The summed E-state index contributed by atoms with van der Waals surface area (Å²) in [5.74, 6) is 0.592. The predicted octanol–water partition coefficient (Wildman–Crippen LogP) is 1.95. The van der Waals surface area contributed by atoms with Gasteiger partial charge in [0.25, 0.3) is 0 Å². The molecule has 0 bridgehead atoms. The minimum atomic E-state index is 0.592. The molecule has 58 valence electrons. The van der Waals surface area contributed by atoms with Gasteiger partial charge in [0.05, 0.1) is 0 Å². The summed E-state index contributed by atoms with van der Waals surface area (Å²) in [5, 5.41) is 3.17. The maximum absolute atomic E-state index is 5.41. The quantitative estimate of drug-likeness (QED) is 0.367. The fourth-order valence-corrected chi connectivity index (χ4v) is 0.641. The van der Waals surface area contributed by atoms with Crippen molar-refractivity contribution in [3.8, 4) is 0 Å². The summed E-state index contributed by atoms with van der Waals surface area (Å²) in [6.45, 7) is 7.51. The van der Waals surface area contributed by atoms with Gasteiger partial charge in [0.15, 0.2) is 0 Å². The van der Waals surface area contributed by atoms with Gasteiger partial charge >= 0.3 is 0 Å². The van der Waals surface area contributed by atoms with E-state index in [4.69, 9.17) is 11.6 Å². The highest BCUT2D eigenvalue weighted by atomic mass is 35.5. The van der Waals surface area contributed by atoms with Crippen LogP contribution < -0.4 is 5.32 Å². The van der Waals surface area contributed by atoms with Crippen LogP contribution in [-0.4, -0.2) is 19.0 Å². The van der Waals surface area contributed by atoms with Gasteiger partial charge in [0.1, 0.15) is 0 Å². The molecule has 0 unspecified atom stereocenters. The van der Waals surface area contributed by atoms with E-state index in [-0.39, 0.29) is 0 Å². The van der Waals surface area contributed by atoms with Crippen LogP contribution in [0.3, 0.4) is 0 Å². The van der Waals surface area contributed by atoms with Gasteiger partial charge in [-0.1, -0.05) is 24.3 Å². The Bertz CT molecular complexity index is 118. The molecule has 10 heavy (non-hydrogen) atoms. The zero-order valence-electron chi connectivity index (χ0n) is 6.36. The highest BCUT2D eigenvalue weighted by Gasteiger charge is 1.81. The lowest BCUT2D eigenvalue weighted by molar-refractivity contribution is 0.816. The van der Waals surface area contributed by atoms with Crippen LogP contribution in [0.15, 0.2) is 24.3 Å². The summed E-state index contributed by atoms with van der Waals surface area (Å²) in [7, 11) is 0. The smallest absolute Gasteiger partial charge is 0.0404 e. The first-order valence-corrected chi connectivity index (χ1v) is 3.87. The Morgan fingerprint density at radius 2 is 2.30 bits per heavy atom. The second-order valence-corrected chi connectivity index (χ2v) is 2.52. The second-order valence-electron chi connectivity index (χ2n) is 2.21. The van der Waals surface area contributed by atoms with Gasteiger partial charge < -0.3 is 5.32 Å². The lowest BCUT2D eigenvalue weighted by Crippen LogP contribution is -2.15. The molecule has 0 aromatic rings. The van der Waals surface area contributed by atoms with E-state index in [2.05, 4.69) is 11.9 Å².